The molecule has 0 bridgehead atoms. The van der Waals surface area contributed by atoms with E-state index < -0.39 is 17.7 Å². The van der Waals surface area contributed by atoms with Gasteiger partial charge >= 0.3 is 0 Å². The summed E-state index contributed by atoms with van der Waals surface area (Å²) in [5.41, 5.74) is 0.944. The van der Waals surface area contributed by atoms with Crippen LogP contribution in [0.25, 0.3) is 5.76 Å². The fourth-order valence-electron chi connectivity index (χ4n) is 4.89. The average molecular weight is 486 g/mol. The van der Waals surface area contributed by atoms with Gasteiger partial charge in [0.2, 0.25) is 0 Å². The molecule has 2 aliphatic rings. The molecule has 1 heterocycles. The first kappa shape index (κ1) is 24.0. The third kappa shape index (κ3) is 4.20. The Balaban J connectivity index is 1.91. The number of carbonyl (C=O) groups is 2. The molecular formula is C26H28ClNO6. The third-order valence-corrected chi connectivity index (χ3v) is 6.90. The van der Waals surface area contributed by atoms with Crippen LogP contribution in [0.15, 0.2) is 42.0 Å². The minimum absolute atomic E-state index is 0.0141. The molecule has 7 nitrogen and oxygen atoms in total. The van der Waals surface area contributed by atoms with Crippen molar-refractivity contribution in [2.75, 3.05) is 21.3 Å². The van der Waals surface area contributed by atoms with Crippen molar-refractivity contribution in [1.29, 1.82) is 0 Å². The molecule has 34 heavy (non-hydrogen) atoms. The number of likely N-dealkylation sites (tertiary alicyclic amines) is 1. The van der Waals surface area contributed by atoms with Crippen LogP contribution in [0.5, 0.6) is 17.2 Å². The van der Waals surface area contributed by atoms with Crippen molar-refractivity contribution in [3.8, 4) is 17.2 Å². The Kier molecular flexibility index (Phi) is 7.03. The summed E-state index contributed by atoms with van der Waals surface area (Å²) in [6.07, 6.45) is 4.72. The van der Waals surface area contributed by atoms with Gasteiger partial charge < -0.3 is 24.2 Å². The van der Waals surface area contributed by atoms with E-state index in [1.54, 1.807) is 24.1 Å². The largest absolute Gasteiger partial charge is 0.507 e. The number of Topliss-reactive ketones (excluding diaryl/α,β-unsaturated/α-hetero) is 1. The second-order valence-electron chi connectivity index (χ2n) is 8.46. The number of halogens is 1. The average Bonchev–Trinajstić information content (AvgIpc) is 3.14. The van der Waals surface area contributed by atoms with Crippen LogP contribution >= 0.6 is 11.6 Å². The molecule has 0 radical (unpaired) electrons. The number of ketones is 1. The SMILES string of the molecule is COc1ccc(C2/C(=C(\O)c3cc(Cl)c(OC)cc3OC)C(=O)C(=O)N2C2CCCCC2)cc1. The van der Waals surface area contributed by atoms with Crippen molar-refractivity contribution in [2.45, 2.75) is 44.2 Å². The molecule has 1 saturated heterocycles. The lowest BCUT2D eigenvalue weighted by atomic mass is 9.91. The highest BCUT2D eigenvalue weighted by Gasteiger charge is 2.49. The molecular weight excluding hydrogens is 458 g/mol. The number of amides is 1. The summed E-state index contributed by atoms with van der Waals surface area (Å²) < 4.78 is 16.0. The predicted octanol–water partition coefficient (Wildman–Crippen LogP) is 5.12. The van der Waals surface area contributed by atoms with Gasteiger partial charge in [-0.3, -0.25) is 9.59 Å². The summed E-state index contributed by atoms with van der Waals surface area (Å²) in [7, 11) is 4.49. The first-order valence-electron chi connectivity index (χ1n) is 11.3. The van der Waals surface area contributed by atoms with E-state index in [1.807, 2.05) is 12.1 Å². The quantitative estimate of drug-likeness (QED) is 0.347. The standard InChI is InChI=1S/C26H28ClNO6/c1-32-17-11-9-15(10-12-17)23-22(25(30)26(31)28(23)16-7-5-4-6-8-16)24(29)18-13-19(27)21(34-3)14-20(18)33-2/h9-14,16,23,29H,4-8H2,1-3H3/b24-22+. The van der Waals surface area contributed by atoms with E-state index in [-0.39, 0.29) is 33.7 Å². The summed E-state index contributed by atoms with van der Waals surface area (Å²) in [6.45, 7) is 0. The first-order valence-corrected chi connectivity index (χ1v) is 11.6. The molecule has 0 spiro atoms. The Morgan fingerprint density at radius 3 is 2.18 bits per heavy atom. The molecule has 1 saturated carbocycles. The minimum Gasteiger partial charge on any atom is -0.507 e. The van der Waals surface area contributed by atoms with Crippen LogP contribution in [0.2, 0.25) is 5.02 Å². The molecule has 1 aliphatic carbocycles. The second-order valence-corrected chi connectivity index (χ2v) is 8.87. The Morgan fingerprint density at radius 2 is 1.59 bits per heavy atom. The van der Waals surface area contributed by atoms with E-state index in [1.165, 1.54) is 26.4 Å². The Bertz CT molecular complexity index is 1120. The summed E-state index contributed by atoms with van der Waals surface area (Å²) in [4.78, 5) is 28.3. The first-order chi connectivity index (χ1) is 16.4. The molecule has 2 aromatic carbocycles. The smallest absolute Gasteiger partial charge is 0.295 e. The molecule has 1 unspecified atom stereocenters. The molecule has 4 rings (SSSR count). The van der Waals surface area contributed by atoms with Gasteiger partial charge in [0.25, 0.3) is 11.7 Å². The van der Waals surface area contributed by atoms with Crippen LogP contribution in [0.3, 0.4) is 0 Å². The third-order valence-electron chi connectivity index (χ3n) is 6.61. The Hall–Kier alpha value is -3.19. The van der Waals surface area contributed by atoms with Gasteiger partial charge in [-0.2, -0.15) is 0 Å². The van der Waals surface area contributed by atoms with Crippen molar-refractivity contribution in [3.05, 3.63) is 58.1 Å². The molecule has 2 aromatic rings. The highest BCUT2D eigenvalue weighted by Crippen LogP contribution is 2.45. The zero-order valence-electron chi connectivity index (χ0n) is 19.5. The van der Waals surface area contributed by atoms with Gasteiger partial charge in [0.1, 0.15) is 23.0 Å². The number of carbonyl (C=O) groups excluding carboxylic acids is 2. The second kappa shape index (κ2) is 9.97. The number of hydrogen-bond donors (Lipinski definition) is 1. The fourth-order valence-corrected chi connectivity index (χ4v) is 5.13. The van der Waals surface area contributed by atoms with E-state index in [9.17, 15) is 14.7 Å². The Labute approximate surface area is 203 Å². The molecule has 0 aromatic heterocycles. The van der Waals surface area contributed by atoms with Gasteiger partial charge in [-0.1, -0.05) is 43.0 Å². The van der Waals surface area contributed by atoms with Gasteiger partial charge in [0.15, 0.2) is 0 Å². The number of aliphatic hydroxyl groups is 1. The summed E-state index contributed by atoms with van der Waals surface area (Å²) in [5, 5.41) is 11.7. The normalized spacial score (nSPS) is 20.5. The van der Waals surface area contributed by atoms with Crippen molar-refractivity contribution in [3.63, 3.8) is 0 Å². The maximum Gasteiger partial charge on any atom is 0.295 e. The number of methoxy groups -OCH3 is 3. The van der Waals surface area contributed by atoms with Gasteiger partial charge in [-0.25, -0.2) is 0 Å². The molecule has 1 atom stereocenters. The number of aliphatic hydroxyl groups excluding tert-OH is 1. The molecule has 2 fully saturated rings. The van der Waals surface area contributed by atoms with Crippen molar-refractivity contribution in [2.24, 2.45) is 0 Å². The Morgan fingerprint density at radius 1 is 0.941 bits per heavy atom. The summed E-state index contributed by atoms with van der Waals surface area (Å²) in [6, 6.07) is 9.39. The number of benzene rings is 2. The van der Waals surface area contributed by atoms with Crippen LogP contribution in [0.1, 0.15) is 49.3 Å². The maximum absolute atomic E-state index is 13.4. The number of hydrogen-bond acceptors (Lipinski definition) is 6. The highest BCUT2D eigenvalue weighted by atomic mass is 35.5. The van der Waals surface area contributed by atoms with Crippen molar-refractivity contribution < 1.29 is 28.9 Å². The monoisotopic (exact) mass is 485 g/mol. The van der Waals surface area contributed by atoms with Gasteiger partial charge in [0, 0.05) is 12.1 Å². The van der Waals surface area contributed by atoms with Gasteiger partial charge in [0.05, 0.1) is 43.5 Å². The molecule has 1 N–H and O–H groups in total. The van der Waals surface area contributed by atoms with E-state index >= 15 is 0 Å². The minimum atomic E-state index is -0.736. The van der Waals surface area contributed by atoms with E-state index in [2.05, 4.69) is 0 Å². The van der Waals surface area contributed by atoms with Gasteiger partial charge in [-0.15, -0.1) is 0 Å². The van der Waals surface area contributed by atoms with Crippen LogP contribution in [-0.2, 0) is 9.59 Å². The molecule has 180 valence electrons. The lowest BCUT2D eigenvalue weighted by molar-refractivity contribution is -0.141. The van der Waals surface area contributed by atoms with Crippen molar-refractivity contribution in [1.82, 2.24) is 4.90 Å². The predicted molar refractivity (Wildman–Crippen MR) is 129 cm³/mol. The number of rotatable bonds is 6. The zero-order chi connectivity index (χ0) is 24.4. The molecule has 8 heteroatoms. The number of nitrogens with zero attached hydrogens (tertiary/aromatic N) is 1. The van der Waals surface area contributed by atoms with Crippen molar-refractivity contribution >= 4 is 29.1 Å². The van der Waals surface area contributed by atoms with Gasteiger partial charge in [-0.05, 0) is 36.6 Å². The lowest BCUT2D eigenvalue weighted by Crippen LogP contribution is -2.40. The zero-order valence-corrected chi connectivity index (χ0v) is 20.2. The van der Waals surface area contributed by atoms with Crippen LogP contribution in [-0.4, -0.2) is 49.1 Å². The molecule has 1 amide bonds. The summed E-state index contributed by atoms with van der Waals surface area (Å²) >= 11 is 6.32. The van der Waals surface area contributed by atoms with E-state index in [4.69, 9.17) is 25.8 Å². The lowest BCUT2D eigenvalue weighted by Gasteiger charge is -2.35. The van der Waals surface area contributed by atoms with Crippen LogP contribution in [0, 0.1) is 0 Å². The summed E-state index contributed by atoms with van der Waals surface area (Å²) in [5.74, 6) is -0.368. The molecule has 1 aliphatic heterocycles. The van der Waals surface area contributed by atoms with Crippen LogP contribution in [0.4, 0.5) is 0 Å². The van der Waals surface area contributed by atoms with Crippen LogP contribution < -0.4 is 14.2 Å². The maximum atomic E-state index is 13.4. The fraction of sp³-hybridized carbons (Fsp3) is 0.385. The van der Waals surface area contributed by atoms with E-state index in [0.29, 0.717) is 17.1 Å². The highest BCUT2D eigenvalue weighted by molar-refractivity contribution is 6.46. The topological polar surface area (TPSA) is 85.3 Å². The van der Waals surface area contributed by atoms with E-state index in [0.717, 1.165) is 32.1 Å². The number of ether oxygens (including phenoxy) is 3.